The molecule has 23 heteroatoms. The van der Waals surface area contributed by atoms with Gasteiger partial charge in [-0.25, -0.2) is 9.13 Å². The Balaban J connectivity index is 2.45. The minimum absolute atomic E-state index is 0.00741. The Kier molecular flexibility index (Phi) is 49.6. The number of hydrogen-bond donors (Lipinski definition) is 9. The first kappa shape index (κ1) is 83.6. The molecule has 21 nitrogen and oxygen atoms in total. The number of amides is 2. The van der Waals surface area contributed by atoms with Crippen molar-refractivity contribution in [3.05, 3.63) is 12.2 Å². The van der Waals surface area contributed by atoms with E-state index in [2.05, 4.69) is 50.5 Å². The van der Waals surface area contributed by atoms with Crippen molar-refractivity contribution in [3.8, 4) is 0 Å². The van der Waals surface area contributed by atoms with Gasteiger partial charge < -0.3 is 73.9 Å². The Morgan fingerprint density at radius 1 is 0.506 bits per heavy atom. The van der Waals surface area contributed by atoms with Gasteiger partial charge in [0.15, 0.2) is 12.6 Å². The van der Waals surface area contributed by atoms with Crippen molar-refractivity contribution in [3.63, 3.8) is 0 Å². The van der Waals surface area contributed by atoms with Crippen molar-refractivity contribution in [1.82, 2.24) is 10.6 Å². The van der Waals surface area contributed by atoms with E-state index < -0.39 is 108 Å². The summed E-state index contributed by atoms with van der Waals surface area (Å²) in [7, 11) is -9.07. The van der Waals surface area contributed by atoms with Crippen molar-refractivity contribution >= 4 is 27.5 Å². The zero-order valence-electron chi connectivity index (χ0n) is 55.8. The van der Waals surface area contributed by atoms with Crippen LogP contribution in [0.3, 0.4) is 0 Å². The summed E-state index contributed by atoms with van der Waals surface area (Å²) < 4.78 is 73.7. The molecule has 89 heavy (non-hydrogen) atoms. The fourth-order valence-electron chi connectivity index (χ4n) is 11.9. The van der Waals surface area contributed by atoms with E-state index in [4.69, 9.17) is 37.5 Å². The van der Waals surface area contributed by atoms with Crippen LogP contribution in [0.25, 0.3) is 0 Å². The number of methoxy groups -OCH3 is 1. The number of rotatable bonds is 59. The number of ether oxygens (including phenoxy) is 6. The van der Waals surface area contributed by atoms with Crippen LogP contribution in [0.1, 0.15) is 291 Å². The van der Waals surface area contributed by atoms with Crippen LogP contribution in [-0.2, 0) is 56.2 Å². The molecule has 2 fully saturated rings. The number of nitrogens with one attached hydrogen (secondary N) is 2. The number of carbonyl (C=O) groups is 2. The van der Waals surface area contributed by atoms with Crippen molar-refractivity contribution in [2.45, 2.75) is 364 Å². The van der Waals surface area contributed by atoms with Crippen LogP contribution in [0.5, 0.6) is 0 Å². The molecular weight excluding hydrogens is 1190 g/mol. The molecule has 2 aliphatic rings. The van der Waals surface area contributed by atoms with Gasteiger partial charge in [0.1, 0.15) is 42.6 Å². The Labute approximate surface area is 537 Å². The molecule has 0 aromatic heterocycles. The zero-order chi connectivity index (χ0) is 65.4. The average Bonchev–Trinajstić information content (AvgIpc) is 0.966. The monoisotopic (exact) mass is 1310 g/mol. The maximum Gasteiger partial charge on any atom is 0.472 e. The standard InChI is InChI=1S/C66H128N2O19P2/c1-6-10-14-18-21-24-25-26-27-28-29-31-33-37-41-45-57(71)67-60-64(82-50-47-54(80-5)44-40-35-17-13-9-4)62(86-88(74,75)76)55(46-48-69)84-65(60)83-52-56-61(73)63(81-49-42-38-34-23-20-16-12-8-3)59(66(85-56)87-89(77,78)79)68-58(72)51-53(70)43-39-36-32-30-22-19-15-11-7-2/h24-25,53-56,59-66,69-70,73H,6-23,26-52H2,1-5H3,(H,67,71)(H,68,72)(H2,74,75,76)(H2,77,78,79)/b25-24-/t53?,54?,55-,56-,59-,60-,61-,62-,63-,64-,65-,66-/m1/s1. The first-order valence-corrected chi connectivity index (χ1v) is 38.3. The molecule has 0 spiro atoms. The van der Waals surface area contributed by atoms with Gasteiger partial charge in [-0.1, -0.05) is 226 Å². The molecule has 0 aromatic rings. The summed E-state index contributed by atoms with van der Waals surface area (Å²) in [4.78, 5) is 69.0. The third-order valence-electron chi connectivity index (χ3n) is 17.1. The molecule has 2 aliphatic heterocycles. The first-order chi connectivity index (χ1) is 42.9. The fraction of sp³-hybridized carbons (Fsp3) is 0.939. The van der Waals surface area contributed by atoms with Gasteiger partial charge in [-0.2, -0.15) is 0 Å². The Morgan fingerprint density at radius 3 is 1.48 bits per heavy atom. The maximum absolute atomic E-state index is 14.1. The normalized spacial score (nSPS) is 23.3. The van der Waals surface area contributed by atoms with Crippen LogP contribution in [0, 0.1) is 0 Å². The topological polar surface area (TPSA) is 308 Å². The van der Waals surface area contributed by atoms with E-state index in [-0.39, 0.29) is 38.6 Å². The Bertz CT molecular complexity index is 1850. The largest absolute Gasteiger partial charge is 0.472 e. The lowest BCUT2D eigenvalue weighted by atomic mass is 9.94. The number of hydrogen-bond acceptors (Lipinski definition) is 15. The van der Waals surface area contributed by atoms with E-state index in [9.17, 15) is 53.6 Å². The van der Waals surface area contributed by atoms with Gasteiger partial charge >= 0.3 is 15.6 Å². The van der Waals surface area contributed by atoms with Gasteiger partial charge in [0.2, 0.25) is 11.8 Å². The van der Waals surface area contributed by atoms with E-state index in [0.717, 1.165) is 161 Å². The van der Waals surface area contributed by atoms with Crippen molar-refractivity contribution in [2.24, 2.45) is 0 Å². The Hall–Kier alpha value is -1.46. The minimum atomic E-state index is -5.39. The van der Waals surface area contributed by atoms with Crippen LogP contribution in [0.4, 0.5) is 0 Å². The number of aliphatic hydroxyl groups excluding tert-OH is 3. The van der Waals surface area contributed by atoms with E-state index in [0.29, 0.717) is 32.1 Å². The van der Waals surface area contributed by atoms with Crippen molar-refractivity contribution in [1.29, 1.82) is 0 Å². The minimum Gasteiger partial charge on any atom is -0.396 e. The predicted molar refractivity (Wildman–Crippen MR) is 348 cm³/mol. The lowest BCUT2D eigenvalue weighted by molar-refractivity contribution is -0.298. The highest BCUT2D eigenvalue weighted by atomic mass is 31.2. The van der Waals surface area contributed by atoms with Gasteiger partial charge in [0.05, 0.1) is 31.3 Å². The molecule has 9 N–H and O–H groups in total. The van der Waals surface area contributed by atoms with E-state index in [1.807, 2.05) is 0 Å². The van der Waals surface area contributed by atoms with Gasteiger partial charge in [-0.3, -0.25) is 18.6 Å². The quantitative estimate of drug-likeness (QED) is 0.0155. The van der Waals surface area contributed by atoms with Crippen LogP contribution in [0.2, 0.25) is 0 Å². The number of aliphatic hydroxyl groups is 3. The number of allylic oxidation sites excluding steroid dienone is 2. The van der Waals surface area contributed by atoms with E-state index in [1.165, 1.54) is 51.4 Å². The second-order valence-corrected chi connectivity index (χ2v) is 27.5. The maximum atomic E-state index is 14.1. The number of unbranched alkanes of at least 4 members (excludes halogenated alkanes) is 30. The Morgan fingerprint density at radius 2 is 0.955 bits per heavy atom. The van der Waals surface area contributed by atoms with E-state index >= 15 is 0 Å². The van der Waals surface area contributed by atoms with Crippen molar-refractivity contribution < 1.29 is 91.1 Å². The summed E-state index contributed by atoms with van der Waals surface area (Å²) in [6, 6.07) is -2.82. The molecule has 2 saturated heterocycles. The lowest BCUT2D eigenvalue weighted by Gasteiger charge is -2.47. The molecule has 2 heterocycles. The zero-order valence-corrected chi connectivity index (χ0v) is 57.6. The van der Waals surface area contributed by atoms with E-state index in [1.54, 1.807) is 7.11 Å². The SMILES string of the molecule is CCCCCC/C=C\CCCCCCCCCC(=O)N[C@H]1[C@H](OC[C@H]2O[C@H](OP(=O)(O)O)[C@H](NC(=O)CC(O)CCCCCCCCCCC)[C@@H](OCCCCCCCCCC)[C@@H]2O)O[C@H](CCO)[C@@H](OP(=O)(O)O)[C@@H]1OCCC(CCCCCCC)OC. The van der Waals surface area contributed by atoms with Crippen LogP contribution in [-0.4, -0.2) is 154 Å². The number of carbonyl (C=O) groups excluding carboxylic acids is 2. The summed E-state index contributed by atoms with van der Waals surface area (Å²) in [5.74, 6) is -1.12. The van der Waals surface area contributed by atoms with Crippen LogP contribution < -0.4 is 10.6 Å². The molecule has 0 saturated carbocycles. The smallest absolute Gasteiger partial charge is 0.396 e. The third-order valence-corrected chi connectivity index (χ3v) is 18.1. The second-order valence-electron chi connectivity index (χ2n) is 25.1. The third kappa shape index (κ3) is 41.2. The molecule has 0 radical (unpaired) electrons. The molecule has 526 valence electrons. The van der Waals surface area contributed by atoms with Gasteiger partial charge in [-0.05, 0) is 64.2 Å². The summed E-state index contributed by atoms with van der Waals surface area (Å²) in [6.07, 6.45) is 28.8. The van der Waals surface area contributed by atoms with Gasteiger partial charge in [0.25, 0.3) is 0 Å². The molecule has 12 atom stereocenters. The first-order valence-electron chi connectivity index (χ1n) is 35.3. The van der Waals surface area contributed by atoms with Crippen molar-refractivity contribution in [2.75, 3.05) is 33.5 Å². The second kappa shape index (κ2) is 52.8. The number of phosphoric acid groups is 2. The molecular formula is C66H128N2O19P2. The molecule has 2 amide bonds. The van der Waals surface area contributed by atoms with Crippen LogP contribution >= 0.6 is 15.6 Å². The molecule has 2 rings (SSSR count). The van der Waals surface area contributed by atoms with Crippen LogP contribution in [0.15, 0.2) is 12.2 Å². The summed E-state index contributed by atoms with van der Waals surface area (Å²) in [6.45, 7) is 7.66. The lowest BCUT2D eigenvalue weighted by Crippen LogP contribution is -2.67. The van der Waals surface area contributed by atoms with Gasteiger partial charge in [0, 0.05) is 33.4 Å². The highest BCUT2D eigenvalue weighted by Gasteiger charge is 2.53. The summed E-state index contributed by atoms with van der Waals surface area (Å²) in [5, 5.41) is 39.2. The van der Waals surface area contributed by atoms with Gasteiger partial charge in [-0.15, -0.1) is 0 Å². The predicted octanol–water partition coefficient (Wildman–Crippen LogP) is 13.1. The number of phosphoric ester groups is 2. The average molecular weight is 1320 g/mol. The summed E-state index contributed by atoms with van der Waals surface area (Å²) in [5.41, 5.74) is 0. The highest BCUT2D eigenvalue weighted by molar-refractivity contribution is 7.46. The summed E-state index contributed by atoms with van der Waals surface area (Å²) >= 11 is 0. The molecule has 0 aromatic carbocycles. The highest BCUT2D eigenvalue weighted by Crippen LogP contribution is 2.44. The molecule has 0 bridgehead atoms. The molecule has 2 unspecified atom stereocenters. The fourth-order valence-corrected chi connectivity index (χ4v) is 12.9. The molecule has 0 aliphatic carbocycles.